The van der Waals surface area contributed by atoms with E-state index in [1.165, 1.54) is 0 Å². The third kappa shape index (κ3) is 6.94. The van der Waals surface area contributed by atoms with E-state index in [1.807, 2.05) is 0 Å². The Balaban J connectivity index is 3.38. The maximum Gasteiger partial charge on any atom is 0.380 e. The number of halogens is 3. The number of carbonyl (C=O) groups is 1. The minimum Gasteiger partial charge on any atom is -0.291 e. The summed E-state index contributed by atoms with van der Waals surface area (Å²) in [5.41, 5.74) is 0. The molecule has 0 radical (unpaired) electrons. The number of ketones is 1. The zero-order chi connectivity index (χ0) is 10.3. The SMILES string of the molecule is CCCCCCCC(=O)C(F)(F)Cl. The molecule has 0 N–H and O–H groups in total. The molecule has 0 heterocycles. The van der Waals surface area contributed by atoms with Crippen LogP contribution < -0.4 is 0 Å². The quantitative estimate of drug-likeness (QED) is 0.464. The van der Waals surface area contributed by atoms with Crippen LogP contribution in [-0.4, -0.2) is 11.2 Å². The Labute approximate surface area is 82.5 Å². The van der Waals surface area contributed by atoms with Crippen molar-refractivity contribution in [1.82, 2.24) is 0 Å². The highest BCUT2D eigenvalue weighted by molar-refractivity contribution is 6.32. The van der Waals surface area contributed by atoms with Gasteiger partial charge in [0.25, 0.3) is 0 Å². The molecule has 0 aromatic heterocycles. The minimum atomic E-state index is -3.66. The van der Waals surface area contributed by atoms with Crippen LogP contribution in [0, 0.1) is 0 Å². The largest absolute Gasteiger partial charge is 0.380 e. The van der Waals surface area contributed by atoms with Crippen LogP contribution in [0.3, 0.4) is 0 Å². The van der Waals surface area contributed by atoms with Crippen LogP contribution in [0.25, 0.3) is 0 Å². The molecule has 0 bridgehead atoms. The second kappa shape index (κ2) is 6.30. The Bertz CT molecular complexity index is 154. The summed E-state index contributed by atoms with van der Waals surface area (Å²) in [6.45, 7) is 2.07. The van der Waals surface area contributed by atoms with Crippen molar-refractivity contribution in [2.24, 2.45) is 0 Å². The molecule has 0 aliphatic carbocycles. The average Bonchev–Trinajstić information content (AvgIpc) is 2.02. The van der Waals surface area contributed by atoms with Crippen molar-refractivity contribution in [2.45, 2.75) is 50.8 Å². The van der Waals surface area contributed by atoms with E-state index in [0.717, 1.165) is 25.7 Å². The molecule has 0 aromatic carbocycles. The van der Waals surface area contributed by atoms with E-state index >= 15 is 0 Å². The topological polar surface area (TPSA) is 17.1 Å². The molecule has 0 spiro atoms. The van der Waals surface area contributed by atoms with Gasteiger partial charge in [-0.1, -0.05) is 32.6 Å². The number of hydrogen-bond donors (Lipinski definition) is 0. The lowest BCUT2D eigenvalue weighted by Crippen LogP contribution is -2.20. The van der Waals surface area contributed by atoms with E-state index in [1.54, 1.807) is 0 Å². The van der Waals surface area contributed by atoms with Crippen LogP contribution in [0.2, 0.25) is 0 Å². The smallest absolute Gasteiger partial charge is 0.291 e. The zero-order valence-electron chi connectivity index (χ0n) is 7.78. The van der Waals surface area contributed by atoms with Crippen LogP contribution in [0.5, 0.6) is 0 Å². The molecule has 0 aliphatic heterocycles. The maximum absolute atomic E-state index is 12.1. The fraction of sp³-hybridized carbons (Fsp3) is 0.889. The normalized spacial score (nSPS) is 11.7. The second-order valence-electron chi connectivity index (χ2n) is 3.09. The molecule has 0 unspecified atom stereocenters. The van der Waals surface area contributed by atoms with Crippen LogP contribution in [0.1, 0.15) is 45.4 Å². The van der Waals surface area contributed by atoms with Gasteiger partial charge in [0.1, 0.15) is 0 Å². The molecule has 4 heteroatoms. The summed E-state index contributed by atoms with van der Waals surface area (Å²) >= 11 is 4.54. The number of alkyl halides is 3. The molecule has 0 aliphatic rings. The molecule has 0 rings (SSSR count). The molecule has 78 valence electrons. The molecule has 0 amide bonds. The van der Waals surface area contributed by atoms with Crippen molar-refractivity contribution >= 4 is 17.4 Å². The van der Waals surface area contributed by atoms with Gasteiger partial charge in [0.05, 0.1) is 0 Å². The Morgan fingerprint density at radius 1 is 1.23 bits per heavy atom. The average molecular weight is 213 g/mol. The predicted molar refractivity (Wildman–Crippen MR) is 49.2 cm³/mol. The van der Waals surface area contributed by atoms with Gasteiger partial charge in [-0.05, 0) is 18.0 Å². The molecular weight excluding hydrogens is 198 g/mol. The monoisotopic (exact) mass is 212 g/mol. The van der Waals surface area contributed by atoms with Gasteiger partial charge in [-0.15, -0.1) is 0 Å². The molecule has 0 saturated heterocycles. The summed E-state index contributed by atoms with van der Waals surface area (Å²) in [5.74, 6) is -1.16. The van der Waals surface area contributed by atoms with Crippen LogP contribution >= 0.6 is 11.6 Å². The first-order chi connectivity index (χ1) is 5.98. The summed E-state index contributed by atoms with van der Waals surface area (Å²) in [7, 11) is 0. The van der Waals surface area contributed by atoms with Gasteiger partial charge in [0, 0.05) is 6.42 Å². The fourth-order valence-corrected chi connectivity index (χ4v) is 1.13. The summed E-state index contributed by atoms with van der Waals surface area (Å²) in [6.07, 6.45) is 4.41. The number of Topliss-reactive ketones (excluding diaryl/α,β-unsaturated/α-hetero) is 1. The molecule has 0 atom stereocenters. The van der Waals surface area contributed by atoms with E-state index < -0.39 is 11.2 Å². The van der Waals surface area contributed by atoms with Gasteiger partial charge in [-0.2, -0.15) is 8.78 Å². The van der Waals surface area contributed by atoms with E-state index in [-0.39, 0.29) is 6.42 Å². The first kappa shape index (κ1) is 12.8. The van der Waals surface area contributed by atoms with Crippen LogP contribution in [0.15, 0.2) is 0 Å². The number of hydrogen-bond acceptors (Lipinski definition) is 1. The summed E-state index contributed by atoms with van der Waals surface area (Å²) < 4.78 is 24.2. The molecule has 13 heavy (non-hydrogen) atoms. The highest BCUT2D eigenvalue weighted by atomic mass is 35.5. The molecule has 0 aromatic rings. The highest BCUT2D eigenvalue weighted by Gasteiger charge is 2.34. The first-order valence-corrected chi connectivity index (χ1v) is 4.96. The maximum atomic E-state index is 12.1. The Morgan fingerprint density at radius 2 is 1.77 bits per heavy atom. The minimum absolute atomic E-state index is 0.111. The van der Waals surface area contributed by atoms with Crippen molar-refractivity contribution in [3.05, 3.63) is 0 Å². The van der Waals surface area contributed by atoms with Gasteiger partial charge in [-0.3, -0.25) is 4.79 Å². The van der Waals surface area contributed by atoms with E-state index in [2.05, 4.69) is 18.5 Å². The van der Waals surface area contributed by atoms with Gasteiger partial charge < -0.3 is 0 Å². The first-order valence-electron chi connectivity index (χ1n) is 4.58. The Kier molecular flexibility index (Phi) is 6.21. The van der Waals surface area contributed by atoms with Crippen LogP contribution in [-0.2, 0) is 4.79 Å². The van der Waals surface area contributed by atoms with Crippen LogP contribution in [0.4, 0.5) is 8.78 Å². The van der Waals surface area contributed by atoms with Crippen molar-refractivity contribution in [1.29, 1.82) is 0 Å². The summed E-state index contributed by atoms with van der Waals surface area (Å²) in [5, 5.41) is -3.66. The number of rotatable bonds is 7. The fourth-order valence-electron chi connectivity index (χ4n) is 1.03. The molecule has 0 fully saturated rings. The Hall–Kier alpha value is -0.180. The second-order valence-corrected chi connectivity index (χ2v) is 3.56. The van der Waals surface area contributed by atoms with Gasteiger partial charge in [-0.25, -0.2) is 0 Å². The van der Waals surface area contributed by atoms with Crippen molar-refractivity contribution < 1.29 is 13.6 Å². The van der Waals surface area contributed by atoms with E-state index in [0.29, 0.717) is 6.42 Å². The van der Waals surface area contributed by atoms with E-state index in [4.69, 9.17) is 0 Å². The zero-order valence-corrected chi connectivity index (χ0v) is 8.54. The number of carbonyl (C=O) groups excluding carboxylic acids is 1. The summed E-state index contributed by atoms with van der Waals surface area (Å²) in [6, 6.07) is 0. The van der Waals surface area contributed by atoms with Crippen molar-refractivity contribution in [3.8, 4) is 0 Å². The molecular formula is C9H15ClF2O. The van der Waals surface area contributed by atoms with Crippen molar-refractivity contribution in [2.75, 3.05) is 0 Å². The van der Waals surface area contributed by atoms with Gasteiger partial charge in [0.2, 0.25) is 5.78 Å². The van der Waals surface area contributed by atoms with E-state index in [9.17, 15) is 13.6 Å². The summed E-state index contributed by atoms with van der Waals surface area (Å²) in [4.78, 5) is 10.6. The standard InChI is InChI=1S/C9H15ClF2O/c1-2-3-4-5-6-7-8(13)9(10,11)12/h2-7H2,1H3. The molecule has 0 saturated carbocycles. The Morgan fingerprint density at radius 3 is 2.23 bits per heavy atom. The predicted octanol–water partition coefficient (Wildman–Crippen LogP) is 3.75. The molecule has 1 nitrogen and oxygen atoms in total. The lowest BCUT2D eigenvalue weighted by atomic mass is 10.1. The number of unbranched alkanes of at least 4 members (excludes halogenated alkanes) is 4. The third-order valence-corrected chi connectivity index (χ3v) is 2.03. The lowest BCUT2D eigenvalue weighted by Gasteiger charge is -2.05. The lowest BCUT2D eigenvalue weighted by molar-refractivity contribution is -0.133. The van der Waals surface area contributed by atoms with Gasteiger partial charge >= 0.3 is 5.38 Å². The van der Waals surface area contributed by atoms with Crippen molar-refractivity contribution in [3.63, 3.8) is 0 Å². The van der Waals surface area contributed by atoms with Gasteiger partial charge in [0.15, 0.2) is 0 Å². The highest BCUT2D eigenvalue weighted by Crippen LogP contribution is 2.22. The third-order valence-electron chi connectivity index (χ3n) is 1.82.